The van der Waals surface area contributed by atoms with Gasteiger partial charge < -0.3 is 22.1 Å². The quantitative estimate of drug-likeness (QED) is 0.731. The van der Waals surface area contributed by atoms with E-state index in [2.05, 4.69) is 14.9 Å². The third-order valence-electron chi connectivity index (χ3n) is 3.52. The number of amides is 1. The van der Waals surface area contributed by atoms with Gasteiger partial charge in [0.1, 0.15) is 9.71 Å². The fourth-order valence-electron chi connectivity index (χ4n) is 2.33. The molecule has 2 aromatic heterocycles. The fraction of sp³-hybridized carbons (Fsp3) is 0.417. The van der Waals surface area contributed by atoms with Crippen molar-refractivity contribution in [1.82, 2.24) is 9.97 Å². The zero-order valence-electron chi connectivity index (χ0n) is 10.9. The van der Waals surface area contributed by atoms with E-state index in [1.54, 1.807) is 6.20 Å². The molecule has 0 atom stereocenters. The van der Waals surface area contributed by atoms with Crippen LogP contribution < -0.4 is 22.1 Å². The van der Waals surface area contributed by atoms with Crippen molar-refractivity contribution in [3.63, 3.8) is 0 Å². The van der Waals surface area contributed by atoms with E-state index < -0.39 is 5.91 Å². The number of carbonyl (C=O) groups excluding carboxylic acids is 1. The lowest BCUT2D eigenvalue weighted by Crippen LogP contribution is -2.40. The summed E-state index contributed by atoms with van der Waals surface area (Å²) in [6.45, 7) is 1.69. The summed E-state index contributed by atoms with van der Waals surface area (Å²) < 4.78 is 0. The molecular formula is C12H16N6OS. The Morgan fingerprint density at radius 2 is 2.10 bits per heavy atom. The number of hydrogen-bond donors (Lipinski definition) is 3. The van der Waals surface area contributed by atoms with Gasteiger partial charge in [0.2, 0.25) is 5.95 Å². The van der Waals surface area contributed by atoms with Gasteiger partial charge in [0, 0.05) is 25.3 Å². The molecule has 7 nitrogen and oxygen atoms in total. The standard InChI is InChI=1S/C12H16N6OS/c13-6-1-3-18(4-2-6)12-16-5-7-8(14)9(10(15)19)20-11(7)17-12/h5-6H,1-4,13-14H2,(H2,15,19). The summed E-state index contributed by atoms with van der Waals surface area (Å²) in [7, 11) is 0. The molecule has 0 radical (unpaired) electrons. The highest BCUT2D eigenvalue weighted by Crippen LogP contribution is 2.32. The van der Waals surface area contributed by atoms with Crippen molar-refractivity contribution < 1.29 is 4.79 Å². The van der Waals surface area contributed by atoms with Gasteiger partial charge in [-0.15, -0.1) is 11.3 Å². The second kappa shape index (κ2) is 4.88. The van der Waals surface area contributed by atoms with Gasteiger partial charge in [0.15, 0.2) is 0 Å². The maximum absolute atomic E-state index is 11.3. The minimum atomic E-state index is -0.531. The second-order valence-electron chi connectivity index (χ2n) is 4.92. The Morgan fingerprint density at radius 1 is 1.40 bits per heavy atom. The highest BCUT2D eigenvalue weighted by atomic mass is 32.1. The number of nitrogens with zero attached hydrogens (tertiary/aromatic N) is 3. The summed E-state index contributed by atoms with van der Waals surface area (Å²) in [5.74, 6) is 0.123. The predicted octanol–water partition coefficient (Wildman–Crippen LogP) is 0.300. The first-order valence-corrected chi connectivity index (χ1v) is 7.23. The number of aromatic nitrogens is 2. The number of nitrogen functional groups attached to an aromatic ring is 1. The third kappa shape index (κ3) is 2.16. The molecular weight excluding hydrogens is 276 g/mol. The first-order chi connectivity index (χ1) is 9.56. The van der Waals surface area contributed by atoms with Gasteiger partial charge in [0.05, 0.1) is 11.1 Å². The maximum atomic E-state index is 11.3. The number of rotatable bonds is 2. The molecule has 0 aliphatic carbocycles. The molecule has 3 heterocycles. The summed E-state index contributed by atoms with van der Waals surface area (Å²) in [4.78, 5) is 23.3. The molecule has 20 heavy (non-hydrogen) atoms. The number of primary amides is 1. The van der Waals surface area contributed by atoms with Crippen LogP contribution in [0, 0.1) is 0 Å². The van der Waals surface area contributed by atoms with E-state index in [9.17, 15) is 4.79 Å². The normalized spacial score (nSPS) is 16.8. The number of carbonyl (C=O) groups is 1. The second-order valence-corrected chi connectivity index (χ2v) is 5.92. The lowest BCUT2D eigenvalue weighted by molar-refractivity contribution is 0.100. The molecule has 0 unspecified atom stereocenters. The van der Waals surface area contributed by atoms with E-state index >= 15 is 0 Å². The monoisotopic (exact) mass is 292 g/mol. The van der Waals surface area contributed by atoms with Gasteiger partial charge in [-0.1, -0.05) is 0 Å². The highest BCUT2D eigenvalue weighted by molar-refractivity contribution is 7.21. The van der Waals surface area contributed by atoms with Crippen LogP contribution in [0.15, 0.2) is 6.20 Å². The lowest BCUT2D eigenvalue weighted by Gasteiger charge is -2.29. The van der Waals surface area contributed by atoms with E-state index in [-0.39, 0.29) is 6.04 Å². The number of fused-ring (bicyclic) bond motifs is 1. The molecule has 1 amide bonds. The largest absolute Gasteiger partial charge is 0.397 e. The number of thiophene rings is 1. The molecule has 1 saturated heterocycles. The molecule has 1 fully saturated rings. The van der Waals surface area contributed by atoms with Crippen molar-refractivity contribution in [3.8, 4) is 0 Å². The number of anilines is 2. The predicted molar refractivity (Wildman–Crippen MR) is 79.8 cm³/mol. The molecule has 0 saturated carbocycles. The number of nitrogens with two attached hydrogens (primary N) is 3. The molecule has 1 aliphatic heterocycles. The average molecular weight is 292 g/mol. The zero-order chi connectivity index (χ0) is 14.3. The van der Waals surface area contributed by atoms with Crippen molar-refractivity contribution in [3.05, 3.63) is 11.1 Å². The molecule has 8 heteroatoms. The molecule has 0 bridgehead atoms. The molecule has 3 rings (SSSR count). The Morgan fingerprint density at radius 3 is 2.75 bits per heavy atom. The Kier molecular flexibility index (Phi) is 3.19. The molecule has 2 aromatic rings. The van der Waals surface area contributed by atoms with E-state index in [1.807, 2.05) is 0 Å². The molecule has 0 spiro atoms. The van der Waals surface area contributed by atoms with Crippen LogP contribution in [-0.2, 0) is 0 Å². The first-order valence-electron chi connectivity index (χ1n) is 6.41. The van der Waals surface area contributed by atoms with Crippen molar-refractivity contribution in [2.24, 2.45) is 11.5 Å². The van der Waals surface area contributed by atoms with Crippen molar-refractivity contribution >= 4 is 39.1 Å². The van der Waals surface area contributed by atoms with Crippen molar-refractivity contribution in [2.75, 3.05) is 23.7 Å². The average Bonchev–Trinajstić information content (AvgIpc) is 2.77. The molecule has 6 N–H and O–H groups in total. The first kappa shape index (κ1) is 13.1. The third-order valence-corrected chi connectivity index (χ3v) is 4.65. The van der Waals surface area contributed by atoms with E-state index in [4.69, 9.17) is 17.2 Å². The van der Waals surface area contributed by atoms with Gasteiger partial charge in [-0.2, -0.15) is 0 Å². The Balaban J connectivity index is 1.96. The molecule has 0 aromatic carbocycles. The Hall–Kier alpha value is -1.93. The van der Waals surface area contributed by atoms with Crippen LogP contribution in [0.2, 0.25) is 0 Å². The summed E-state index contributed by atoms with van der Waals surface area (Å²) in [6.07, 6.45) is 3.52. The van der Waals surface area contributed by atoms with Crippen LogP contribution in [0.25, 0.3) is 10.2 Å². The molecule has 106 valence electrons. The van der Waals surface area contributed by atoms with E-state index in [1.165, 1.54) is 11.3 Å². The van der Waals surface area contributed by atoms with Gasteiger partial charge in [-0.05, 0) is 12.8 Å². The van der Waals surface area contributed by atoms with Gasteiger partial charge in [0.25, 0.3) is 5.91 Å². The smallest absolute Gasteiger partial charge is 0.260 e. The summed E-state index contributed by atoms with van der Waals surface area (Å²) >= 11 is 1.21. The van der Waals surface area contributed by atoms with Gasteiger partial charge in [-0.3, -0.25) is 4.79 Å². The van der Waals surface area contributed by atoms with Crippen LogP contribution in [0.1, 0.15) is 22.5 Å². The van der Waals surface area contributed by atoms with Crippen LogP contribution in [0.5, 0.6) is 0 Å². The highest BCUT2D eigenvalue weighted by Gasteiger charge is 2.20. The summed E-state index contributed by atoms with van der Waals surface area (Å²) in [6, 6.07) is 0.258. The maximum Gasteiger partial charge on any atom is 0.260 e. The van der Waals surface area contributed by atoms with Crippen LogP contribution >= 0.6 is 11.3 Å². The van der Waals surface area contributed by atoms with Crippen molar-refractivity contribution in [2.45, 2.75) is 18.9 Å². The lowest BCUT2D eigenvalue weighted by atomic mass is 10.1. The minimum Gasteiger partial charge on any atom is -0.397 e. The van der Waals surface area contributed by atoms with Crippen LogP contribution in [-0.4, -0.2) is 35.0 Å². The Labute approximate surface area is 119 Å². The number of hydrogen-bond acceptors (Lipinski definition) is 7. The molecule has 1 aliphatic rings. The minimum absolute atomic E-state index is 0.258. The topological polar surface area (TPSA) is 124 Å². The zero-order valence-corrected chi connectivity index (χ0v) is 11.7. The van der Waals surface area contributed by atoms with Crippen LogP contribution in [0.4, 0.5) is 11.6 Å². The van der Waals surface area contributed by atoms with E-state index in [0.29, 0.717) is 26.7 Å². The Bertz CT molecular complexity index is 661. The van der Waals surface area contributed by atoms with E-state index in [0.717, 1.165) is 25.9 Å². The fourth-order valence-corrected chi connectivity index (χ4v) is 3.24. The summed E-state index contributed by atoms with van der Waals surface area (Å²) in [5, 5.41) is 0.682. The number of piperidine rings is 1. The van der Waals surface area contributed by atoms with Gasteiger partial charge >= 0.3 is 0 Å². The van der Waals surface area contributed by atoms with Crippen molar-refractivity contribution in [1.29, 1.82) is 0 Å². The van der Waals surface area contributed by atoms with Crippen LogP contribution in [0.3, 0.4) is 0 Å². The SMILES string of the molecule is NC(=O)c1sc2nc(N3CCC(N)CC3)ncc2c1N. The summed E-state index contributed by atoms with van der Waals surface area (Å²) in [5.41, 5.74) is 17.4. The van der Waals surface area contributed by atoms with Gasteiger partial charge in [-0.25, -0.2) is 9.97 Å².